The lowest BCUT2D eigenvalue weighted by molar-refractivity contribution is -0.0556. The number of hydrogen-bond donors (Lipinski definition) is 1. The molecule has 1 N–H and O–H groups in total. The molecule has 6 nitrogen and oxygen atoms in total. The molecule has 3 heterocycles. The Morgan fingerprint density at radius 2 is 1.75 bits per heavy atom. The van der Waals surface area contributed by atoms with Crippen LogP contribution in [-0.2, 0) is 15.1 Å². The predicted molar refractivity (Wildman–Crippen MR) is 111 cm³/mol. The molecule has 2 aromatic heterocycles. The third-order valence-electron chi connectivity index (χ3n) is 6.23. The molecule has 1 saturated heterocycles. The maximum absolute atomic E-state index is 6.39. The lowest BCUT2D eigenvalue weighted by Crippen LogP contribution is -2.49. The van der Waals surface area contributed by atoms with Crippen molar-refractivity contribution in [3.05, 3.63) is 42.5 Å². The number of benzene rings is 1. The standard InChI is InChI=1S/C20H23BN4O2S/c1-19-9-3-4-10-20(19,2)27-21(26-19)15-7-5-14(6-8-15)11-28-18-16-17(23-12-22-16)24-13-25-18/h5-8,12-13H,3-4,9-11H2,1-2H3,(H,22,23,24,25). The molecule has 0 radical (unpaired) electrons. The summed E-state index contributed by atoms with van der Waals surface area (Å²) in [6.07, 6.45) is 7.77. The third kappa shape index (κ3) is 3.04. The molecule has 2 fully saturated rings. The summed E-state index contributed by atoms with van der Waals surface area (Å²) in [5.74, 6) is 0.827. The number of H-pyrrole nitrogens is 1. The summed E-state index contributed by atoms with van der Waals surface area (Å²) >= 11 is 1.68. The van der Waals surface area contributed by atoms with Crippen molar-refractivity contribution >= 4 is 35.5 Å². The minimum absolute atomic E-state index is 0.188. The average Bonchev–Trinajstić information content (AvgIpc) is 3.28. The summed E-state index contributed by atoms with van der Waals surface area (Å²) in [4.78, 5) is 15.8. The van der Waals surface area contributed by atoms with Crippen molar-refractivity contribution in [3.8, 4) is 0 Å². The van der Waals surface area contributed by atoms with E-state index in [-0.39, 0.29) is 18.3 Å². The van der Waals surface area contributed by atoms with Crippen LogP contribution in [0.5, 0.6) is 0 Å². The van der Waals surface area contributed by atoms with E-state index >= 15 is 0 Å². The lowest BCUT2D eigenvalue weighted by atomic mass is 9.74. The van der Waals surface area contributed by atoms with Crippen LogP contribution in [0.25, 0.3) is 11.2 Å². The second-order valence-corrected chi connectivity index (χ2v) is 9.01. The highest BCUT2D eigenvalue weighted by atomic mass is 32.2. The summed E-state index contributed by atoms with van der Waals surface area (Å²) in [6, 6.07) is 8.53. The number of thioether (sulfide) groups is 1. The molecule has 1 aromatic carbocycles. The van der Waals surface area contributed by atoms with E-state index in [9.17, 15) is 0 Å². The summed E-state index contributed by atoms with van der Waals surface area (Å²) < 4.78 is 12.8. The molecule has 8 heteroatoms. The number of fused-ring (bicyclic) bond motifs is 2. The van der Waals surface area contributed by atoms with E-state index in [0.29, 0.717) is 5.65 Å². The number of nitrogens with one attached hydrogen (secondary N) is 1. The van der Waals surface area contributed by atoms with Crippen LogP contribution in [0.4, 0.5) is 0 Å². The van der Waals surface area contributed by atoms with Crippen LogP contribution in [0.1, 0.15) is 45.1 Å². The van der Waals surface area contributed by atoms with E-state index in [4.69, 9.17) is 9.31 Å². The molecule has 3 aromatic rings. The maximum atomic E-state index is 6.39. The zero-order valence-electron chi connectivity index (χ0n) is 16.1. The Labute approximate surface area is 169 Å². The van der Waals surface area contributed by atoms with Crippen molar-refractivity contribution < 1.29 is 9.31 Å². The molecule has 1 saturated carbocycles. The van der Waals surface area contributed by atoms with Gasteiger partial charge in [0.2, 0.25) is 0 Å². The third-order valence-corrected chi connectivity index (χ3v) is 7.29. The molecule has 2 aliphatic rings. The van der Waals surface area contributed by atoms with Gasteiger partial charge in [-0.25, -0.2) is 15.0 Å². The summed E-state index contributed by atoms with van der Waals surface area (Å²) in [5, 5.41) is 0.916. The fraction of sp³-hybridized carbons (Fsp3) is 0.450. The van der Waals surface area contributed by atoms with Crippen molar-refractivity contribution in [2.75, 3.05) is 0 Å². The Morgan fingerprint density at radius 1 is 1.04 bits per heavy atom. The monoisotopic (exact) mass is 394 g/mol. The first-order valence-electron chi connectivity index (χ1n) is 9.78. The van der Waals surface area contributed by atoms with E-state index in [1.54, 1.807) is 24.4 Å². The molecule has 2 unspecified atom stereocenters. The first-order valence-corrected chi connectivity index (χ1v) is 10.8. The molecule has 1 aliphatic heterocycles. The van der Waals surface area contributed by atoms with Crippen LogP contribution < -0.4 is 5.46 Å². The van der Waals surface area contributed by atoms with Gasteiger partial charge in [-0.05, 0) is 37.7 Å². The molecular weight excluding hydrogens is 371 g/mol. The van der Waals surface area contributed by atoms with Crippen LogP contribution >= 0.6 is 11.8 Å². The molecule has 0 amide bonds. The summed E-state index contributed by atoms with van der Waals surface area (Å²) in [5.41, 5.74) is 3.53. The van der Waals surface area contributed by atoms with Gasteiger partial charge in [0.1, 0.15) is 16.9 Å². The Kier molecular flexibility index (Phi) is 4.45. The molecule has 2 atom stereocenters. The van der Waals surface area contributed by atoms with Crippen molar-refractivity contribution in [2.45, 2.75) is 61.5 Å². The highest BCUT2D eigenvalue weighted by Crippen LogP contribution is 2.47. The van der Waals surface area contributed by atoms with E-state index in [1.807, 2.05) is 0 Å². The molecular formula is C20H23BN4O2S. The Hall–Kier alpha value is -1.90. The van der Waals surface area contributed by atoms with Crippen molar-refractivity contribution in [1.82, 2.24) is 19.9 Å². The average molecular weight is 394 g/mol. The molecule has 5 rings (SSSR count). The quantitative estimate of drug-likeness (QED) is 0.415. The number of hydrogen-bond acceptors (Lipinski definition) is 6. The smallest absolute Gasteiger partial charge is 0.399 e. The van der Waals surface area contributed by atoms with Gasteiger partial charge in [0, 0.05) is 5.75 Å². The maximum Gasteiger partial charge on any atom is 0.494 e. The fourth-order valence-electron chi connectivity index (χ4n) is 4.23. The predicted octanol–water partition coefficient (Wildman–Crippen LogP) is 3.48. The van der Waals surface area contributed by atoms with Crippen molar-refractivity contribution in [1.29, 1.82) is 0 Å². The van der Waals surface area contributed by atoms with Crippen molar-refractivity contribution in [3.63, 3.8) is 0 Å². The minimum Gasteiger partial charge on any atom is -0.399 e. The van der Waals surface area contributed by atoms with Crippen LogP contribution in [0.15, 0.2) is 41.9 Å². The summed E-state index contributed by atoms with van der Waals surface area (Å²) in [7, 11) is -0.277. The van der Waals surface area contributed by atoms with Gasteiger partial charge in [0.05, 0.1) is 17.5 Å². The zero-order valence-corrected chi connectivity index (χ0v) is 17.0. The van der Waals surface area contributed by atoms with Gasteiger partial charge >= 0.3 is 7.12 Å². The van der Waals surface area contributed by atoms with Crippen LogP contribution in [0.2, 0.25) is 0 Å². The van der Waals surface area contributed by atoms with Crippen LogP contribution in [0, 0.1) is 0 Å². The molecule has 1 aliphatic carbocycles. The van der Waals surface area contributed by atoms with Crippen molar-refractivity contribution in [2.24, 2.45) is 0 Å². The largest absolute Gasteiger partial charge is 0.494 e. The number of rotatable bonds is 4. The van der Waals surface area contributed by atoms with Crippen LogP contribution in [0.3, 0.4) is 0 Å². The SMILES string of the molecule is CC12CCCCC1(C)OB(c1ccc(CSc3ncnc4nc[nH]c34)cc1)O2. The topological polar surface area (TPSA) is 72.9 Å². The number of imidazole rings is 1. The highest BCUT2D eigenvalue weighted by Gasteiger charge is 2.57. The molecule has 28 heavy (non-hydrogen) atoms. The lowest BCUT2D eigenvalue weighted by Gasteiger charge is -2.43. The Bertz CT molecular complexity index is 977. The minimum atomic E-state index is -0.277. The van der Waals surface area contributed by atoms with Gasteiger partial charge in [-0.2, -0.15) is 0 Å². The molecule has 0 bridgehead atoms. The first-order chi connectivity index (χ1) is 13.6. The van der Waals surface area contributed by atoms with E-state index in [2.05, 4.69) is 58.0 Å². The number of nitrogens with zero attached hydrogens (tertiary/aromatic N) is 3. The normalized spacial score (nSPS) is 27.3. The number of aromatic amines is 1. The first kappa shape index (κ1) is 18.2. The second-order valence-electron chi connectivity index (χ2n) is 8.05. The molecule has 0 spiro atoms. The van der Waals surface area contributed by atoms with E-state index < -0.39 is 0 Å². The van der Waals surface area contributed by atoms with Gasteiger partial charge in [0.25, 0.3) is 0 Å². The highest BCUT2D eigenvalue weighted by molar-refractivity contribution is 7.98. The zero-order chi connectivity index (χ0) is 19.2. The van der Waals surface area contributed by atoms with Gasteiger partial charge in [0.15, 0.2) is 5.65 Å². The van der Waals surface area contributed by atoms with Crippen LogP contribution in [-0.4, -0.2) is 38.3 Å². The van der Waals surface area contributed by atoms with E-state index in [0.717, 1.165) is 34.6 Å². The molecule has 144 valence electrons. The Morgan fingerprint density at radius 3 is 2.46 bits per heavy atom. The number of aromatic nitrogens is 4. The Balaban J connectivity index is 1.28. The second kappa shape index (κ2) is 6.86. The van der Waals surface area contributed by atoms with E-state index in [1.165, 1.54) is 18.4 Å². The summed E-state index contributed by atoms with van der Waals surface area (Å²) in [6.45, 7) is 4.41. The van der Waals surface area contributed by atoms with Gasteiger partial charge in [-0.1, -0.05) is 48.9 Å². The fourth-order valence-corrected chi connectivity index (χ4v) is 5.14. The van der Waals surface area contributed by atoms with Gasteiger partial charge in [-0.3, -0.25) is 0 Å². The van der Waals surface area contributed by atoms with Gasteiger partial charge < -0.3 is 14.3 Å². The van der Waals surface area contributed by atoms with Gasteiger partial charge in [-0.15, -0.1) is 0 Å².